The third-order valence-corrected chi connectivity index (χ3v) is 6.66. The van der Waals surface area contributed by atoms with E-state index in [4.69, 9.17) is 14.6 Å². The van der Waals surface area contributed by atoms with E-state index in [-0.39, 0.29) is 17.9 Å². The van der Waals surface area contributed by atoms with Crippen molar-refractivity contribution in [2.75, 3.05) is 52.4 Å². The lowest BCUT2D eigenvalue weighted by atomic mass is 10.0. The van der Waals surface area contributed by atoms with Gasteiger partial charge in [0.1, 0.15) is 5.60 Å². The fourth-order valence-corrected chi connectivity index (χ4v) is 4.84. The van der Waals surface area contributed by atoms with E-state index in [0.29, 0.717) is 24.9 Å². The Hall–Kier alpha value is -2.57. The van der Waals surface area contributed by atoms with Gasteiger partial charge in [-0.05, 0) is 32.6 Å². The fraction of sp³-hybridized carbons (Fsp3) is 0.826. The maximum Gasteiger partial charge on any atom is 0.490 e. The summed E-state index contributed by atoms with van der Waals surface area (Å²) in [5, 5.41) is 10.5. The maximum atomic E-state index is 11.9. The third-order valence-electron chi connectivity index (χ3n) is 6.66. The second kappa shape index (κ2) is 11.7. The van der Waals surface area contributed by atoms with Crippen molar-refractivity contribution in [2.24, 2.45) is 23.7 Å². The SMILES string of the molecule is CC(=O)N1C[C@@H]2CN(C(=O)OC(C)(C)C)C[C@@H]2C1.CC(=O)N1C[C@H]2CNC[C@H]2C1.O=C(O)C(F)(F)F. The summed E-state index contributed by atoms with van der Waals surface area (Å²) >= 11 is 0. The summed E-state index contributed by atoms with van der Waals surface area (Å²) in [4.78, 5) is 48.7. The van der Waals surface area contributed by atoms with Crippen LogP contribution in [0.2, 0.25) is 0 Å². The van der Waals surface area contributed by atoms with Gasteiger partial charge in [0.25, 0.3) is 0 Å². The monoisotopic (exact) mass is 522 g/mol. The van der Waals surface area contributed by atoms with Gasteiger partial charge in [0.05, 0.1) is 0 Å². The molecular formula is C23H37F3N4O6. The minimum Gasteiger partial charge on any atom is -0.475 e. The molecule has 13 heteroatoms. The molecule has 4 rings (SSSR count). The Kier molecular flexibility index (Phi) is 9.60. The molecule has 0 aromatic heterocycles. The lowest BCUT2D eigenvalue weighted by molar-refractivity contribution is -0.192. The number of nitrogens with one attached hydrogen (secondary N) is 1. The first kappa shape index (κ1) is 29.7. The normalized spacial score (nSPS) is 26.8. The molecule has 206 valence electrons. The zero-order chi connectivity index (χ0) is 27.4. The summed E-state index contributed by atoms with van der Waals surface area (Å²) in [6, 6.07) is 0. The highest BCUT2D eigenvalue weighted by atomic mass is 19.4. The quantitative estimate of drug-likeness (QED) is 0.497. The Morgan fingerprint density at radius 2 is 1.08 bits per heavy atom. The van der Waals surface area contributed by atoms with Crippen LogP contribution >= 0.6 is 0 Å². The lowest BCUT2D eigenvalue weighted by Gasteiger charge is -2.25. The number of ether oxygens (including phenoxy) is 1. The van der Waals surface area contributed by atoms with Gasteiger partial charge in [-0.25, -0.2) is 9.59 Å². The fourth-order valence-electron chi connectivity index (χ4n) is 4.84. The summed E-state index contributed by atoms with van der Waals surface area (Å²) in [5.74, 6) is -0.0826. The topological polar surface area (TPSA) is 119 Å². The van der Waals surface area contributed by atoms with Crippen LogP contribution in [0.1, 0.15) is 34.6 Å². The molecule has 4 aliphatic heterocycles. The van der Waals surface area contributed by atoms with Crippen molar-refractivity contribution < 1.29 is 42.2 Å². The van der Waals surface area contributed by atoms with E-state index in [1.54, 1.807) is 18.7 Å². The largest absolute Gasteiger partial charge is 0.490 e. The number of hydrogen-bond acceptors (Lipinski definition) is 6. The molecule has 0 radical (unpaired) electrons. The van der Waals surface area contributed by atoms with E-state index in [9.17, 15) is 27.6 Å². The van der Waals surface area contributed by atoms with E-state index in [0.717, 1.165) is 51.1 Å². The van der Waals surface area contributed by atoms with Crippen molar-refractivity contribution in [1.29, 1.82) is 0 Å². The summed E-state index contributed by atoms with van der Waals surface area (Å²) in [7, 11) is 0. The summed E-state index contributed by atoms with van der Waals surface area (Å²) in [6.45, 7) is 16.0. The summed E-state index contributed by atoms with van der Waals surface area (Å²) < 4.78 is 37.1. The Bertz CT molecular complexity index is 806. The van der Waals surface area contributed by atoms with Gasteiger partial charge in [0, 0.05) is 78.0 Å². The smallest absolute Gasteiger partial charge is 0.475 e. The first-order valence-electron chi connectivity index (χ1n) is 12.0. The van der Waals surface area contributed by atoms with E-state index in [2.05, 4.69) is 5.32 Å². The van der Waals surface area contributed by atoms with E-state index in [1.165, 1.54) is 0 Å². The van der Waals surface area contributed by atoms with Crippen LogP contribution in [0.15, 0.2) is 0 Å². The summed E-state index contributed by atoms with van der Waals surface area (Å²) in [6.07, 6.45) is -5.31. The van der Waals surface area contributed by atoms with Gasteiger partial charge in [-0.1, -0.05) is 0 Å². The van der Waals surface area contributed by atoms with Gasteiger partial charge in [-0.2, -0.15) is 13.2 Å². The minimum atomic E-state index is -5.08. The zero-order valence-electron chi connectivity index (χ0n) is 21.4. The lowest BCUT2D eigenvalue weighted by Crippen LogP contribution is -2.38. The first-order chi connectivity index (χ1) is 16.5. The number of likely N-dealkylation sites (tertiary alicyclic amines) is 3. The number of carbonyl (C=O) groups excluding carboxylic acids is 3. The number of carboxylic acid groups (broad SMARTS) is 1. The molecule has 36 heavy (non-hydrogen) atoms. The van der Waals surface area contributed by atoms with Crippen LogP contribution < -0.4 is 5.32 Å². The second-order valence-electron chi connectivity index (χ2n) is 10.7. The molecule has 0 saturated carbocycles. The molecule has 0 unspecified atom stereocenters. The molecule has 3 amide bonds. The van der Waals surface area contributed by atoms with Crippen LogP contribution in [0.5, 0.6) is 0 Å². The number of amides is 3. The van der Waals surface area contributed by atoms with Crippen molar-refractivity contribution in [1.82, 2.24) is 20.0 Å². The molecule has 0 bridgehead atoms. The number of alkyl halides is 3. The number of carboxylic acids is 1. The second-order valence-corrected chi connectivity index (χ2v) is 10.7. The van der Waals surface area contributed by atoms with Gasteiger partial charge in [0.2, 0.25) is 11.8 Å². The number of aliphatic carboxylic acids is 1. The molecular weight excluding hydrogens is 485 g/mol. The van der Waals surface area contributed by atoms with Crippen molar-refractivity contribution in [2.45, 2.75) is 46.4 Å². The number of fused-ring (bicyclic) bond motifs is 2. The molecule has 0 spiro atoms. The first-order valence-corrected chi connectivity index (χ1v) is 12.0. The number of nitrogens with zero attached hydrogens (tertiary/aromatic N) is 3. The van der Waals surface area contributed by atoms with Gasteiger partial charge in [-0.3, -0.25) is 9.59 Å². The van der Waals surface area contributed by atoms with Crippen LogP contribution in [0.25, 0.3) is 0 Å². The Morgan fingerprint density at radius 1 is 0.750 bits per heavy atom. The van der Waals surface area contributed by atoms with Crippen molar-refractivity contribution in [3.63, 3.8) is 0 Å². The molecule has 4 aliphatic rings. The predicted molar refractivity (Wildman–Crippen MR) is 123 cm³/mol. The average molecular weight is 523 g/mol. The number of hydrogen-bond donors (Lipinski definition) is 2. The highest BCUT2D eigenvalue weighted by Crippen LogP contribution is 2.32. The Balaban J connectivity index is 0.000000215. The van der Waals surface area contributed by atoms with Crippen LogP contribution in [0.3, 0.4) is 0 Å². The molecule has 4 atom stereocenters. The number of rotatable bonds is 0. The van der Waals surface area contributed by atoms with Gasteiger partial charge in [0.15, 0.2) is 0 Å². The molecule has 4 heterocycles. The van der Waals surface area contributed by atoms with Gasteiger partial charge < -0.3 is 29.9 Å². The number of carbonyl (C=O) groups is 4. The third kappa shape index (κ3) is 8.52. The minimum absolute atomic E-state index is 0.133. The van der Waals surface area contributed by atoms with Crippen LogP contribution in [-0.2, 0) is 19.1 Å². The van der Waals surface area contributed by atoms with Crippen LogP contribution in [-0.4, -0.2) is 108 Å². The molecule has 0 aromatic rings. The van der Waals surface area contributed by atoms with Crippen molar-refractivity contribution >= 4 is 23.9 Å². The standard InChI is InChI=1S/C13H22N2O3.C8H14N2O.C2HF3O2/c1-9(16)14-5-10-7-15(8-11(10)6-14)12(17)18-13(2,3)4;1-6(11)10-4-7-2-9-3-8(7)5-10;3-2(4,5)1(6)7/h10-11H,5-8H2,1-4H3;7-9H,2-5H2,1H3;(H,6,7)/t10-,11+;7-,8+;. The van der Waals surface area contributed by atoms with Crippen molar-refractivity contribution in [3.05, 3.63) is 0 Å². The molecule has 4 fully saturated rings. The highest BCUT2D eigenvalue weighted by Gasteiger charge is 2.43. The van der Waals surface area contributed by atoms with Crippen LogP contribution in [0, 0.1) is 23.7 Å². The van der Waals surface area contributed by atoms with E-state index >= 15 is 0 Å². The predicted octanol–water partition coefficient (Wildman–Crippen LogP) is 1.65. The van der Waals surface area contributed by atoms with Gasteiger partial charge >= 0.3 is 18.2 Å². The zero-order valence-corrected chi connectivity index (χ0v) is 21.4. The molecule has 0 aromatic carbocycles. The molecule has 0 aliphatic carbocycles. The average Bonchev–Trinajstić information content (AvgIpc) is 3.45. The Labute approximate surface area is 209 Å². The Morgan fingerprint density at radius 3 is 1.39 bits per heavy atom. The van der Waals surface area contributed by atoms with Crippen molar-refractivity contribution in [3.8, 4) is 0 Å². The molecule has 2 N–H and O–H groups in total. The van der Waals surface area contributed by atoms with E-state index in [1.807, 2.05) is 30.6 Å². The van der Waals surface area contributed by atoms with E-state index < -0.39 is 17.7 Å². The number of halogens is 3. The summed E-state index contributed by atoms with van der Waals surface area (Å²) in [5.41, 5.74) is -0.444. The van der Waals surface area contributed by atoms with Crippen LogP contribution in [0.4, 0.5) is 18.0 Å². The highest BCUT2D eigenvalue weighted by molar-refractivity contribution is 5.74. The molecule has 4 saturated heterocycles. The maximum absolute atomic E-state index is 11.9. The molecule has 10 nitrogen and oxygen atoms in total. The van der Waals surface area contributed by atoms with Gasteiger partial charge in [-0.15, -0.1) is 0 Å².